The standard InChI is InChI=1S/C16H16F2N2O5/c1-24-13(16(22)23)8-19-14(21)4-5-15-20-7-12(25-15)10-3-2-9(17)6-11(10)18/h2-3,6-7,13H,4-5,8H2,1H3,(H,19,21)(H,22,23). The van der Waals surface area contributed by atoms with E-state index in [1.807, 2.05) is 0 Å². The van der Waals surface area contributed by atoms with Gasteiger partial charge < -0.3 is 19.6 Å². The molecule has 2 rings (SSSR count). The van der Waals surface area contributed by atoms with E-state index in [4.69, 9.17) is 9.52 Å². The third-order valence-corrected chi connectivity index (χ3v) is 3.36. The van der Waals surface area contributed by atoms with Crippen molar-refractivity contribution in [2.24, 2.45) is 0 Å². The molecule has 7 nitrogen and oxygen atoms in total. The van der Waals surface area contributed by atoms with Gasteiger partial charge in [0, 0.05) is 26.0 Å². The van der Waals surface area contributed by atoms with Crippen molar-refractivity contribution >= 4 is 11.9 Å². The number of oxazole rings is 1. The van der Waals surface area contributed by atoms with E-state index < -0.39 is 29.6 Å². The second-order valence-corrected chi connectivity index (χ2v) is 5.11. The topological polar surface area (TPSA) is 102 Å². The molecule has 1 aromatic heterocycles. The third-order valence-electron chi connectivity index (χ3n) is 3.36. The molecule has 1 unspecified atom stereocenters. The van der Waals surface area contributed by atoms with Gasteiger partial charge in [0.25, 0.3) is 0 Å². The van der Waals surface area contributed by atoms with Gasteiger partial charge in [0.2, 0.25) is 5.91 Å². The van der Waals surface area contributed by atoms with Crippen LogP contribution in [0.15, 0.2) is 28.8 Å². The molecule has 0 saturated heterocycles. The summed E-state index contributed by atoms with van der Waals surface area (Å²) < 4.78 is 36.6. The molecule has 1 amide bonds. The number of hydrogen-bond acceptors (Lipinski definition) is 5. The fraction of sp³-hybridized carbons (Fsp3) is 0.312. The number of amides is 1. The molecule has 0 fully saturated rings. The van der Waals surface area contributed by atoms with E-state index >= 15 is 0 Å². The molecule has 0 aliphatic rings. The maximum atomic E-state index is 13.7. The molecular formula is C16H16F2N2O5. The Labute approximate surface area is 141 Å². The molecule has 9 heteroatoms. The number of benzene rings is 1. The lowest BCUT2D eigenvalue weighted by Gasteiger charge is -2.11. The van der Waals surface area contributed by atoms with Crippen molar-refractivity contribution in [1.29, 1.82) is 0 Å². The first kappa shape index (κ1) is 18.5. The number of rotatable bonds is 8. The molecule has 0 aliphatic carbocycles. The maximum Gasteiger partial charge on any atom is 0.334 e. The Morgan fingerprint density at radius 1 is 1.40 bits per heavy atom. The van der Waals surface area contributed by atoms with Crippen LogP contribution in [0.25, 0.3) is 11.3 Å². The van der Waals surface area contributed by atoms with Gasteiger partial charge in [-0.15, -0.1) is 0 Å². The van der Waals surface area contributed by atoms with Gasteiger partial charge in [-0.1, -0.05) is 0 Å². The lowest BCUT2D eigenvalue weighted by atomic mass is 10.2. The lowest BCUT2D eigenvalue weighted by Crippen LogP contribution is -2.37. The van der Waals surface area contributed by atoms with Crippen LogP contribution in [-0.4, -0.2) is 41.7 Å². The summed E-state index contributed by atoms with van der Waals surface area (Å²) in [4.78, 5) is 26.4. The predicted molar refractivity (Wildman–Crippen MR) is 81.6 cm³/mol. The average molecular weight is 354 g/mol. The highest BCUT2D eigenvalue weighted by atomic mass is 19.1. The first-order valence-electron chi connectivity index (χ1n) is 7.33. The molecule has 0 aliphatic heterocycles. The Kier molecular flexibility index (Phi) is 6.18. The quantitative estimate of drug-likeness (QED) is 0.749. The van der Waals surface area contributed by atoms with Crippen LogP contribution in [0.4, 0.5) is 8.78 Å². The number of carbonyl (C=O) groups excluding carboxylic acids is 1. The SMILES string of the molecule is COC(CNC(=O)CCc1ncc(-c2ccc(F)cc2F)o1)C(=O)O. The van der Waals surface area contributed by atoms with Crippen LogP contribution in [0.3, 0.4) is 0 Å². The van der Waals surface area contributed by atoms with E-state index in [0.717, 1.165) is 12.1 Å². The van der Waals surface area contributed by atoms with Crippen molar-refractivity contribution < 1.29 is 32.6 Å². The largest absolute Gasteiger partial charge is 0.479 e. The highest BCUT2D eigenvalue weighted by Gasteiger charge is 2.17. The molecule has 0 radical (unpaired) electrons. The molecule has 0 bridgehead atoms. The van der Waals surface area contributed by atoms with Crippen molar-refractivity contribution in [1.82, 2.24) is 10.3 Å². The minimum atomic E-state index is -1.18. The van der Waals surface area contributed by atoms with E-state index in [9.17, 15) is 18.4 Å². The Bertz CT molecular complexity index is 763. The van der Waals surface area contributed by atoms with Crippen molar-refractivity contribution in [3.05, 3.63) is 41.9 Å². The number of aliphatic carboxylic acids is 1. The summed E-state index contributed by atoms with van der Waals surface area (Å²) in [6.45, 7) is -0.164. The second-order valence-electron chi connectivity index (χ2n) is 5.11. The molecule has 0 saturated carbocycles. The number of carboxylic acid groups (broad SMARTS) is 1. The zero-order valence-corrected chi connectivity index (χ0v) is 13.3. The van der Waals surface area contributed by atoms with Crippen LogP contribution in [0, 0.1) is 11.6 Å². The number of nitrogens with zero attached hydrogens (tertiary/aromatic N) is 1. The number of nitrogens with one attached hydrogen (secondary N) is 1. The van der Waals surface area contributed by atoms with Crippen LogP contribution in [-0.2, 0) is 20.7 Å². The summed E-state index contributed by atoms with van der Waals surface area (Å²) in [5.74, 6) is -2.74. The van der Waals surface area contributed by atoms with E-state index in [1.165, 1.54) is 19.4 Å². The Balaban J connectivity index is 1.89. The van der Waals surface area contributed by atoms with Gasteiger partial charge in [0.1, 0.15) is 11.6 Å². The highest BCUT2D eigenvalue weighted by Crippen LogP contribution is 2.24. The summed E-state index contributed by atoms with van der Waals surface area (Å²) >= 11 is 0. The van der Waals surface area contributed by atoms with Crippen LogP contribution in [0.2, 0.25) is 0 Å². The Morgan fingerprint density at radius 3 is 2.80 bits per heavy atom. The number of carbonyl (C=O) groups is 2. The number of ether oxygens (including phenoxy) is 1. The smallest absolute Gasteiger partial charge is 0.334 e. The van der Waals surface area contributed by atoms with Gasteiger partial charge in [0.15, 0.2) is 17.8 Å². The fourth-order valence-corrected chi connectivity index (χ4v) is 2.03. The monoisotopic (exact) mass is 354 g/mol. The summed E-state index contributed by atoms with van der Waals surface area (Å²) in [5.41, 5.74) is 0.0639. The van der Waals surface area contributed by atoms with Crippen molar-refractivity contribution in [3.8, 4) is 11.3 Å². The average Bonchev–Trinajstić information content (AvgIpc) is 3.02. The summed E-state index contributed by atoms with van der Waals surface area (Å²) in [5, 5.41) is 11.2. The second kappa shape index (κ2) is 8.34. The molecule has 25 heavy (non-hydrogen) atoms. The molecule has 0 spiro atoms. The minimum Gasteiger partial charge on any atom is -0.479 e. The molecule has 1 heterocycles. The number of methoxy groups -OCH3 is 1. The molecule has 2 N–H and O–H groups in total. The summed E-state index contributed by atoms with van der Waals surface area (Å²) in [6.07, 6.45) is 0.301. The first-order chi connectivity index (χ1) is 11.9. The van der Waals surface area contributed by atoms with Gasteiger partial charge in [-0.25, -0.2) is 18.6 Å². The number of hydrogen-bond donors (Lipinski definition) is 2. The normalized spacial score (nSPS) is 12.0. The molecular weight excluding hydrogens is 338 g/mol. The fourth-order valence-electron chi connectivity index (χ4n) is 2.03. The van der Waals surface area contributed by atoms with Crippen molar-refractivity contribution in [2.45, 2.75) is 18.9 Å². The third kappa shape index (κ3) is 5.08. The first-order valence-corrected chi connectivity index (χ1v) is 7.33. The zero-order chi connectivity index (χ0) is 18.4. The number of carboxylic acids is 1. The van der Waals surface area contributed by atoms with Gasteiger partial charge in [-0.05, 0) is 12.1 Å². The van der Waals surface area contributed by atoms with Crippen LogP contribution in [0.5, 0.6) is 0 Å². The molecule has 1 atom stereocenters. The van der Waals surface area contributed by atoms with Crippen molar-refractivity contribution in [3.63, 3.8) is 0 Å². The Hall–Kier alpha value is -2.81. The van der Waals surface area contributed by atoms with Crippen LogP contribution >= 0.6 is 0 Å². The lowest BCUT2D eigenvalue weighted by molar-refractivity contribution is -0.148. The molecule has 2 aromatic rings. The zero-order valence-electron chi connectivity index (χ0n) is 13.3. The van der Waals surface area contributed by atoms with Crippen LogP contribution < -0.4 is 5.32 Å². The predicted octanol–water partition coefficient (Wildman–Crippen LogP) is 1.77. The minimum absolute atomic E-state index is 0.00189. The molecule has 1 aromatic carbocycles. The number of aryl methyl sites for hydroxylation is 1. The summed E-state index contributed by atoms with van der Waals surface area (Å²) in [6, 6.07) is 3.07. The van der Waals surface area contributed by atoms with E-state index in [1.54, 1.807) is 0 Å². The van der Waals surface area contributed by atoms with Crippen molar-refractivity contribution in [2.75, 3.05) is 13.7 Å². The van der Waals surface area contributed by atoms with Crippen LogP contribution in [0.1, 0.15) is 12.3 Å². The van der Waals surface area contributed by atoms with Gasteiger partial charge in [0.05, 0.1) is 18.3 Å². The number of halogens is 2. The molecule has 134 valence electrons. The Morgan fingerprint density at radius 2 is 2.16 bits per heavy atom. The van der Waals surface area contributed by atoms with Gasteiger partial charge in [-0.3, -0.25) is 4.79 Å². The van der Waals surface area contributed by atoms with Gasteiger partial charge >= 0.3 is 5.97 Å². The summed E-state index contributed by atoms with van der Waals surface area (Å²) in [7, 11) is 1.23. The van der Waals surface area contributed by atoms with E-state index in [2.05, 4.69) is 15.0 Å². The highest BCUT2D eigenvalue weighted by molar-refractivity contribution is 5.78. The van der Waals surface area contributed by atoms with Gasteiger partial charge in [-0.2, -0.15) is 0 Å². The number of aromatic nitrogens is 1. The maximum absolute atomic E-state index is 13.7. The van der Waals surface area contributed by atoms with E-state index in [-0.39, 0.29) is 36.6 Å². The van der Waals surface area contributed by atoms with E-state index in [0.29, 0.717) is 0 Å².